The van der Waals surface area contributed by atoms with Gasteiger partial charge < -0.3 is 10.4 Å². The molecule has 0 aromatic heterocycles. The minimum absolute atomic E-state index is 0.0515. The van der Waals surface area contributed by atoms with Gasteiger partial charge in [-0.1, -0.05) is 19.3 Å². The number of thioether (sulfide) groups is 1. The van der Waals surface area contributed by atoms with E-state index in [1.807, 2.05) is 11.8 Å². The van der Waals surface area contributed by atoms with E-state index in [1.54, 1.807) is 0 Å². The molecule has 1 unspecified atom stereocenters. The summed E-state index contributed by atoms with van der Waals surface area (Å²) in [4.78, 5) is 23.2. The maximum atomic E-state index is 12.1. The highest BCUT2D eigenvalue weighted by Crippen LogP contribution is 2.42. The zero-order chi connectivity index (χ0) is 13.7. The van der Waals surface area contributed by atoms with Gasteiger partial charge in [-0.05, 0) is 30.4 Å². The van der Waals surface area contributed by atoms with Crippen molar-refractivity contribution in [2.24, 2.45) is 5.41 Å². The number of amides is 1. The number of nitrogens with one attached hydrogen (secondary N) is 1. The lowest BCUT2D eigenvalue weighted by Crippen LogP contribution is -2.39. The number of carbonyl (C=O) groups is 2. The van der Waals surface area contributed by atoms with Gasteiger partial charge in [-0.2, -0.15) is 11.8 Å². The molecule has 0 radical (unpaired) electrons. The lowest BCUT2D eigenvalue weighted by molar-refractivity contribution is -0.141. The van der Waals surface area contributed by atoms with Crippen LogP contribution in [0.1, 0.15) is 51.4 Å². The molecule has 0 spiro atoms. The molecular formula is C14H23NO3S. The maximum absolute atomic E-state index is 12.1. The molecule has 2 rings (SSSR count). The predicted molar refractivity (Wildman–Crippen MR) is 76.3 cm³/mol. The lowest BCUT2D eigenvalue weighted by atomic mass is 9.69. The van der Waals surface area contributed by atoms with E-state index < -0.39 is 5.97 Å². The SMILES string of the molecule is O=C(O)CC1(CC(=O)NC2CCSC2)CCCCC1. The molecule has 2 fully saturated rings. The van der Waals surface area contributed by atoms with E-state index in [-0.39, 0.29) is 17.7 Å². The van der Waals surface area contributed by atoms with E-state index in [9.17, 15) is 9.59 Å². The highest BCUT2D eigenvalue weighted by molar-refractivity contribution is 7.99. The molecule has 1 heterocycles. The van der Waals surface area contributed by atoms with Gasteiger partial charge in [0, 0.05) is 18.2 Å². The Morgan fingerprint density at radius 1 is 1.21 bits per heavy atom. The number of hydrogen-bond donors (Lipinski definition) is 2. The van der Waals surface area contributed by atoms with Gasteiger partial charge in [0.05, 0.1) is 6.42 Å². The van der Waals surface area contributed by atoms with Crippen molar-refractivity contribution in [1.29, 1.82) is 0 Å². The van der Waals surface area contributed by atoms with Gasteiger partial charge in [-0.3, -0.25) is 9.59 Å². The highest BCUT2D eigenvalue weighted by atomic mass is 32.2. The van der Waals surface area contributed by atoms with E-state index in [0.717, 1.165) is 43.6 Å². The molecule has 108 valence electrons. The number of carbonyl (C=O) groups excluding carboxylic acids is 1. The number of carboxylic acid groups (broad SMARTS) is 1. The standard InChI is InChI=1S/C14H23NO3S/c16-12(15-11-4-7-19-10-11)8-14(9-13(17)18)5-2-1-3-6-14/h11H,1-10H2,(H,15,16)(H,17,18). The van der Waals surface area contributed by atoms with Crippen molar-refractivity contribution in [3.8, 4) is 0 Å². The molecule has 2 aliphatic rings. The van der Waals surface area contributed by atoms with Crippen molar-refractivity contribution in [3.63, 3.8) is 0 Å². The number of carboxylic acids is 1. The van der Waals surface area contributed by atoms with Crippen LogP contribution in [0.25, 0.3) is 0 Å². The van der Waals surface area contributed by atoms with Crippen LogP contribution in [0.15, 0.2) is 0 Å². The van der Waals surface area contributed by atoms with Crippen LogP contribution in [0.2, 0.25) is 0 Å². The number of rotatable bonds is 5. The van der Waals surface area contributed by atoms with Crippen LogP contribution in [0, 0.1) is 5.41 Å². The van der Waals surface area contributed by atoms with E-state index >= 15 is 0 Å². The van der Waals surface area contributed by atoms with Crippen LogP contribution in [-0.2, 0) is 9.59 Å². The Hall–Kier alpha value is -0.710. The van der Waals surface area contributed by atoms with E-state index in [0.29, 0.717) is 12.5 Å². The van der Waals surface area contributed by atoms with Crippen molar-refractivity contribution >= 4 is 23.6 Å². The molecule has 1 saturated carbocycles. The molecule has 0 aromatic carbocycles. The second-order valence-electron chi connectivity index (χ2n) is 5.94. The molecule has 1 aliphatic carbocycles. The summed E-state index contributed by atoms with van der Waals surface area (Å²) in [5.74, 6) is 1.39. The first kappa shape index (κ1) is 14.7. The Morgan fingerprint density at radius 2 is 1.95 bits per heavy atom. The summed E-state index contributed by atoms with van der Waals surface area (Å²) in [5, 5.41) is 12.2. The molecule has 1 saturated heterocycles. The molecule has 4 nitrogen and oxygen atoms in total. The Kier molecular flexibility index (Phi) is 5.13. The molecule has 1 atom stereocenters. The van der Waals surface area contributed by atoms with Crippen LogP contribution < -0.4 is 5.32 Å². The van der Waals surface area contributed by atoms with E-state index in [2.05, 4.69) is 5.32 Å². The summed E-state index contributed by atoms with van der Waals surface area (Å²) in [5.41, 5.74) is -0.292. The van der Waals surface area contributed by atoms with Crippen LogP contribution in [0.3, 0.4) is 0 Å². The van der Waals surface area contributed by atoms with Crippen LogP contribution in [0.5, 0.6) is 0 Å². The second kappa shape index (κ2) is 6.64. The predicted octanol–water partition coefficient (Wildman–Crippen LogP) is 2.42. The Labute approximate surface area is 118 Å². The quantitative estimate of drug-likeness (QED) is 0.814. The highest BCUT2D eigenvalue weighted by Gasteiger charge is 2.36. The minimum atomic E-state index is -0.772. The second-order valence-corrected chi connectivity index (χ2v) is 7.09. The van der Waals surface area contributed by atoms with Crippen molar-refractivity contribution in [3.05, 3.63) is 0 Å². The molecule has 1 aliphatic heterocycles. The summed E-state index contributed by atoms with van der Waals surface area (Å²) >= 11 is 1.87. The third kappa shape index (κ3) is 4.41. The summed E-state index contributed by atoms with van der Waals surface area (Å²) < 4.78 is 0. The van der Waals surface area contributed by atoms with Gasteiger partial charge in [0.25, 0.3) is 0 Å². The van der Waals surface area contributed by atoms with Crippen molar-refractivity contribution in [1.82, 2.24) is 5.32 Å². The number of hydrogen-bond acceptors (Lipinski definition) is 3. The Balaban J connectivity index is 1.90. The first-order valence-corrected chi connectivity index (χ1v) is 8.34. The minimum Gasteiger partial charge on any atom is -0.481 e. The largest absolute Gasteiger partial charge is 0.481 e. The van der Waals surface area contributed by atoms with Gasteiger partial charge in [-0.15, -0.1) is 0 Å². The van der Waals surface area contributed by atoms with E-state index in [1.165, 1.54) is 6.42 Å². The summed E-state index contributed by atoms with van der Waals surface area (Å²) in [6.07, 6.45) is 6.61. The molecule has 0 bridgehead atoms. The topological polar surface area (TPSA) is 66.4 Å². The fraction of sp³-hybridized carbons (Fsp3) is 0.857. The molecule has 19 heavy (non-hydrogen) atoms. The molecular weight excluding hydrogens is 262 g/mol. The molecule has 1 amide bonds. The third-order valence-electron chi connectivity index (χ3n) is 4.27. The normalized spacial score (nSPS) is 26.0. The first-order valence-electron chi connectivity index (χ1n) is 7.19. The maximum Gasteiger partial charge on any atom is 0.303 e. The Bertz CT molecular complexity index is 334. The van der Waals surface area contributed by atoms with Crippen LogP contribution in [0.4, 0.5) is 0 Å². The van der Waals surface area contributed by atoms with Crippen LogP contribution >= 0.6 is 11.8 Å². The summed E-state index contributed by atoms with van der Waals surface area (Å²) in [7, 11) is 0. The van der Waals surface area contributed by atoms with Gasteiger partial charge >= 0.3 is 5.97 Å². The zero-order valence-electron chi connectivity index (χ0n) is 11.3. The van der Waals surface area contributed by atoms with Gasteiger partial charge in [-0.25, -0.2) is 0 Å². The van der Waals surface area contributed by atoms with Gasteiger partial charge in [0.15, 0.2) is 0 Å². The Morgan fingerprint density at radius 3 is 2.53 bits per heavy atom. The third-order valence-corrected chi connectivity index (χ3v) is 5.43. The summed E-state index contributed by atoms with van der Waals surface area (Å²) in [6.45, 7) is 0. The lowest BCUT2D eigenvalue weighted by Gasteiger charge is -2.35. The van der Waals surface area contributed by atoms with Crippen LogP contribution in [-0.4, -0.2) is 34.5 Å². The van der Waals surface area contributed by atoms with Crippen molar-refractivity contribution in [2.75, 3.05) is 11.5 Å². The van der Waals surface area contributed by atoms with Gasteiger partial charge in [0.2, 0.25) is 5.91 Å². The molecule has 0 aromatic rings. The fourth-order valence-electron chi connectivity index (χ4n) is 3.31. The summed E-state index contributed by atoms with van der Waals surface area (Å²) in [6, 6.07) is 0.294. The zero-order valence-corrected chi connectivity index (χ0v) is 12.1. The monoisotopic (exact) mass is 285 g/mol. The number of aliphatic carboxylic acids is 1. The van der Waals surface area contributed by atoms with Crippen molar-refractivity contribution in [2.45, 2.75) is 57.4 Å². The average molecular weight is 285 g/mol. The fourth-order valence-corrected chi connectivity index (χ4v) is 4.46. The molecule has 5 heteroatoms. The first-order chi connectivity index (χ1) is 9.10. The smallest absolute Gasteiger partial charge is 0.303 e. The molecule has 2 N–H and O–H groups in total. The van der Waals surface area contributed by atoms with Gasteiger partial charge in [0.1, 0.15) is 0 Å². The van der Waals surface area contributed by atoms with E-state index in [4.69, 9.17) is 5.11 Å². The average Bonchev–Trinajstić information content (AvgIpc) is 2.81. The van der Waals surface area contributed by atoms with Crippen molar-refractivity contribution < 1.29 is 14.7 Å².